The minimum atomic E-state index is 0. The number of benzene rings is 1. The average Bonchev–Trinajstić information content (AvgIpc) is 2.53. The van der Waals surface area contributed by atoms with Gasteiger partial charge in [-0.05, 0) is 17.3 Å². The van der Waals surface area contributed by atoms with Crippen LogP contribution in [0.4, 0.5) is 0 Å². The second-order valence-electron chi connectivity index (χ2n) is 3.81. The van der Waals surface area contributed by atoms with E-state index in [-0.39, 0.29) is 17.1 Å². The third-order valence-corrected chi connectivity index (χ3v) is 2.92. The Morgan fingerprint density at radius 2 is 1.36 bits per heavy atom. The SMILES string of the molecule is CN/C([S-])=N/N=C(C)/C(=N/N=C(\[S-])NC)c1ccccc1.[Cu+2]. The fourth-order valence-electron chi connectivity index (χ4n) is 1.30. The molecule has 0 unspecified atom stereocenters. The first-order valence-corrected chi connectivity index (χ1v) is 6.93. The Morgan fingerprint density at radius 1 is 0.864 bits per heavy atom. The predicted octanol–water partition coefficient (Wildman–Crippen LogP) is 1.01. The summed E-state index contributed by atoms with van der Waals surface area (Å²) in [6.45, 7) is 1.78. The van der Waals surface area contributed by atoms with Crippen LogP contribution in [0.25, 0.3) is 0 Å². The predicted molar refractivity (Wildman–Crippen MR) is 93.8 cm³/mol. The quantitative estimate of drug-likeness (QED) is 0.267. The van der Waals surface area contributed by atoms with Crippen LogP contribution in [0.1, 0.15) is 12.5 Å². The van der Waals surface area contributed by atoms with Crippen molar-refractivity contribution in [3.63, 3.8) is 0 Å². The van der Waals surface area contributed by atoms with Gasteiger partial charge in [0, 0.05) is 19.7 Å². The zero-order valence-electron chi connectivity index (χ0n) is 12.3. The second-order valence-corrected chi connectivity index (χ2v) is 4.58. The van der Waals surface area contributed by atoms with Crippen LogP contribution < -0.4 is 10.6 Å². The molecule has 121 valence electrons. The Bertz CT molecular complexity index is 583. The summed E-state index contributed by atoms with van der Waals surface area (Å²) in [6.07, 6.45) is 0. The van der Waals surface area contributed by atoms with Crippen molar-refractivity contribution < 1.29 is 17.1 Å². The molecule has 1 rings (SSSR count). The van der Waals surface area contributed by atoms with Crippen molar-refractivity contribution in [2.75, 3.05) is 14.1 Å². The summed E-state index contributed by atoms with van der Waals surface area (Å²) < 4.78 is 0. The van der Waals surface area contributed by atoms with Gasteiger partial charge in [-0.3, -0.25) is 0 Å². The Hall–Kier alpha value is -1.54. The Balaban J connectivity index is 0.00000441. The molecular weight excluding hydrogens is 368 g/mol. The van der Waals surface area contributed by atoms with E-state index in [0.717, 1.165) is 5.56 Å². The van der Waals surface area contributed by atoms with Crippen molar-refractivity contribution in [1.29, 1.82) is 0 Å². The van der Waals surface area contributed by atoms with Gasteiger partial charge in [-0.1, -0.05) is 30.3 Å². The number of hydrogen-bond acceptors (Lipinski definition) is 6. The molecule has 0 saturated heterocycles. The van der Waals surface area contributed by atoms with E-state index in [1.165, 1.54) is 0 Å². The zero-order chi connectivity index (χ0) is 15.7. The first kappa shape index (κ1) is 20.5. The van der Waals surface area contributed by atoms with Crippen molar-refractivity contribution >= 4 is 47.0 Å². The van der Waals surface area contributed by atoms with Crippen molar-refractivity contribution in [3.8, 4) is 0 Å². The molecule has 2 N–H and O–H groups in total. The summed E-state index contributed by atoms with van der Waals surface area (Å²) in [4.78, 5) is 0. The van der Waals surface area contributed by atoms with Gasteiger partial charge in [0.05, 0.1) is 5.71 Å². The third-order valence-electron chi connectivity index (χ3n) is 2.35. The van der Waals surface area contributed by atoms with Gasteiger partial charge in [0.2, 0.25) is 0 Å². The summed E-state index contributed by atoms with van der Waals surface area (Å²) in [6, 6.07) is 9.55. The molecule has 0 aliphatic heterocycles. The Morgan fingerprint density at radius 3 is 1.86 bits per heavy atom. The van der Waals surface area contributed by atoms with Gasteiger partial charge in [-0.25, -0.2) is 0 Å². The standard InChI is InChI=1S/C13H18N6S2.Cu/c1-9(16-18-12(20)14-2)11(17-19-13(21)15-3)10-7-5-4-6-8-10;/h4-8H,1-3H3,(H2,14,18,20)(H2,15,19,21);/q;+2/p-2/b16-9+,17-11-;. The molecule has 0 saturated carbocycles. The van der Waals surface area contributed by atoms with E-state index in [1.54, 1.807) is 21.0 Å². The second kappa shape index (κ2) is 11.1. The normalized spacial score (nSPS) is 13.4. The van der Waals surface area contributed by atoms with Gasteiger partial charge in [-0.2, -0.15) is 15.3 Å². The summed E-state index contributed by atoms with van der Waals surface area (Å²) in [5.41, 5.74) is 2.03. The molecule has 0 aliphatic rings. The van der Waals surface area contributed by atoms with E-state index < -0.39 is 0 Å². The van der Waals surface area contributed by atoms with Crippen molar-refractivity contribution in [3.05, 3.63) is 35.9 Å². The molecule has 0 heterocycles. The molecule has 0 aliphatic carbocycles. The van der Waals surface area contributed by atoms with E-state index in [9.17, 15) is 0 Å². The maximum atomic E-state index is 4.96. The van der Waals surface area contributed by atoms with Crippen LogP contribution in [0.15, 0.2) is 50.7 Å². The smallest absolute Gasteiger partial charge is 0.741 e. The molecule has 1 aromatic carbocycles. The van der Waals surface area contributed by atoms with Gasteiger partial charge in [0.25, 0.3) is 0 Å². The molecule has 9 heteroatoms. The van der Waals surface area contributed by atoms with Crippen LogP contribution in [0.3, 0.4) is 0 Å². The summed E-state index contributed by atoms with van der Waals surface area (Å²) in [5.74, 6) is 0. The topological polar surface area (TPSA) is 73.5 Å². The summed E-state index contributed by atoms with van der Waals surface area (Å²) >= 11 is 9.88. The Labute approximate surface area is 152 Å². The molecule has 0 spiro atoms. The first-order valence-electron chi connectivity index (χ1n) is 6.11. The van der Waals surface area contributed by atoms with Crippen molar-refractivity contribution in [2.24, 2.45) is 20.4 Å². The first-order chi connectivity index (χ1) is 10.1. The molecule has 0 aromatic heterocycles. The molecule has 1 radical (unpaired) electrons. The van der Waals surface area contributed by atoms with Gasteiger partial charge < -0.3 is 35.9 Å². The van der Waals surface area contributed by atoms with Crippen molar-refractivity contribution in [1.82, 2.24) is 10.6 Å². The molecule has 0 fully saturated rings. The molecule has 22 heavy (non-hydrogen) atoms. The summed E-state index contributed by atoms with van der Waals surface area (Å²) in [7, 11) is 3.37. The van der Waals surface area contributed by atoms with Gasteiger partial charge in [0.1, 0.15) is 5.71 Å². The molecule has 0 atom stereocenters. The van der Waals surface area contributed by atoms with Crippen LogP contribution in [0.5, 0.6) is 0 Å². The number of amidine groups is 2. The zero-order valence-corrected chi connectivity index (χ0v) is 14.9. The van der Waals surface area contributed by atoms with Gasteiger partial charge >= 0.3 is 17.1 Å². The van der Waals surface area contributed by atoms with E-state index in [0.29, 0.717) is 21.8 Å². The summed E-state index contributed by atoms with van der Waals surface area (Å²) in [5, 5.41) is 22.1. The van der Waals surface area contributed by atoms with Gasteiger partial charge in [0.15, 0.2) is 0 Å². The average molecular weight is 384 g/mol. The maximum absolute atomic E-state index is 4.96. The molecule has 0 bridgehead atoms. The molecule has 0 amide bonds. The van der Waals surface area contributed by atoms with Crippen molar-refractivity contribution in [2.45, 2.75) is 6.92 Å². The number of rotatable bonds is 4. The van der Waals surface area contributed by atoms with E-state index in [2.05, 4.69) is 31.0 Å². The van der Waals surface area contributed by atoms with E-state index >= 15 is 0 Å². The minimum Gasteiger partial charge on any atom is -0.741 e. The number of nitrogens with zero attached hydrogens (tertiary/aromatic N) is 4. The minimum absolute atomic E-state index is 0. The molecule has 6 nitrogen and oxygen atoms in total. The monoisotopic (exact) mass is 383 g/mol. The number of hydrogen-bond donors (Lipinski definition) is 2. The van der Waals surface area contributed by atoms with E-state index in [4.69, 9.17) is 25.3 Å². The fourth-order valence-corrected chi connectivity index (χ4v) is 1.38. The fraction of sp³-hybridized carbons (Fsp3) is 0.231. The maximum Gasteiger partial charge on any atom is 2.00 e. The van der Waals surface area contributed by atoms with E-state index in [1.807, 2.05) is 30.3 Å². The van der Waals surface area contributed by atoms with Crippen LogP contribution >= 0.6 is 0 Å². The van der Waals surface area contributed by atoms with Crippen LogP contribution in [0, 0.1) is 0 Å². The van der Waals surface area contributed by atoms with Crippen LogP contribution in [-0.4, -0.2) is 35.9 Å². The van der Waals surface area contributed by atoms with Crippen LogP contribution in [-0.2, 0) is 42.3 Å². The van der Waals surface area contributed by atoms with Crippen LogP contribution in [0.2, 0.25) is 0 Å². The third kappa shape index (κ3) is 6.95. The van der Waals surface area contributed by atoms with Gasteiger partial charge in [-0.15, -0.1) is 5.10 Å². The largest absolute Gasteiger partial charge is 2.00 e. The molecule has 1 aromatic rings. The number of nitrogens with one attached hydrogen (secondary N) is 2. The molecular formula is C13H16CuN6S2. The Kier molecular flexibility index (Phi) is 10.3.